The first-order valence-corrected chi connectivity index (χ1v) is 5.94. The van der Waals surface area contributed by atoms with E-state index in [4.69, 9.17) is 14.2 Å². The van der Waals surface area contributed by atoms with Gasteiger partial charge in [0.1, 0.15) is 0 Å². The molecule has 0 saturated heterocycles. The van der Waals surface area contributed by atoms with Crippen molar-refractivity contribution in [2.24, 2.45) is 0 Å². The molecule has 4 nitrogen and oxygen atoms in total. The maximum atomic E-state index is 9.78. The highest BCUT2D eigenvalue weighted by Crippen LogP contribution is 2.32. The fourth-order valence-electron chi connectivity index (χ4n) is 1.76. The minimum absolute atomic E-state index is 0.279. The highest BCUT2D eigenvalue weighted by molar-refractivity contribution is 5.44. The standard InChI is InChI=1S/C13H18O4/c1-2-5-15-8-11(14)6-10-3-4-12-13(7-10)17-9-16-12/h3-4,7,11,14H,2,5-6,8-9H2,1H3. The first-order chi connectivity index (χ1) is 8.29. The molecule has 0 saturated carbocycles. The molecule has 2 rings (SSSR count). The molecule has 1 aromatic rings. The quantitative estimate of drug-likeness (QED) is 0.767. The van der Waals surface area contributed by atoms with Gasteiger partial charge in [0.05, 0.1) is 12.7 Å². The SMILES string of the molecule is CCCOCC(O)Cc1ccc2c(c1)OCO2. The summed E-state index contributed by atoms with van der Waals surface area (Å²) in [5.74, 6) is 1.52. The van der Waals surface area contributed by atoms with Gasteiger partial charge in [-0.1, -0.05) is 13.0 Å². The van der Waals surface area contributed by atoms with Crippen molar-refractivity contribution in [1.82, 2.24) is 0 Å². The summed E-state index contributed by atoms with van der Waals surface area (Å²) in [5, 5.41) is 9.78. The van der Waals surface area contributed by atoms with E-state index in [1.165, 1.54) is 0 Å². The molecule has 17 heavy (non-hydrogen) atoms. The molecular weight excluding hydrogens is 220 g/mol. The fraction of sp³-hybridized carbons (Fsp3) is 0.538. The third-order valence-corrected chi connectivity index (χ3v) is 2.57. The maximum absolute atomic E-state index is 9.78. The van der Waals surface area contributed by atoms with Crippen molar-refractivity contribution in [2.75, 3.05) is 20.0 Å². The molecule has 1 N–H and O–H groups in total. The Bertz CT molecular complexity index is 364. The normalized spacial score (nSPS) is 14.9. The second kappa shape index (κ2) is 5.89. The van der Waals surface area contributed by atoms with E-state index >= 15 is 0 Å². The number of aliphatic hydroxyl groups is 1. The van der Waals surface area contributed by atoms with Crippen molar-refractivity contribution in [3.8, 4) is 11.5 Å². The number of fused-ring (bicyclic) bond motifs is 1. The highest BCUT2D eigenvalue weighted by atomic mass is 16.7. The van der Waals surface area contributed by atoms with E-state index < -0.39 is 6.10 Å². The Balaban J connectivity index is 1.86. The Labute approximate surface area is 101 Å². The van der Waals surface area contributed by atoms with Crippen molar-refractivity contribution >= 4 is 0 Å². The van der Waals surface area contributed by atoms with Gasteiger partial charge in [-0.25, -0.2) is 0 Å². The predicted octanol–water partition coefficient (Wildman–Crippen LogP) is 1.75. The Kier molecular flexibility index (Phi) is 4.23. The van der Waals surface area contributed by atoms with Gasteiger partial charge in [0, 0.05) is 13.0 Å². The van der Waals surface area contributed by atoms with E-state index in [1.54, 1.807) is 0 Å². The third kappa shape index (κ3) is 3.35. The van der Waals surface area contributed by atoms with Crippen LogP contribution >= 0.6 is 0 Å². The molecule has 94 valence electrons. The summed E-state index contributed by atoms with van der Waals surface area (Å²) in [7, 11) is 0. The minimum Gasteiger partial charge on any atom is -0.454 e. The van der Waals surface area contributed by atoms with Gasteiger partial charge in [-0.2, -0.15) is 0 Å². The van der Waals surface area contributed by atoms with E-state index in [1.807, 2.05) is 25.1 Å². The van der Waals surface area contributed by atoms with Crippen LogP contribution in [-0.4, -0.2) is 31.2 Å². The molecule has 0 fully saturated rings. The molecule has 0 radical (unpaired) electrons. The van der Waals surface area contributed by atoms with Gasteiger partial charge < -0.3 is 19.3 Å². The summed E-state index contributed by atoms with van der Waals surface area (Å²) >= 11 is 0. The molecule has 1 aliphatic heterocycles. The average molecular weight is 238 g/mol. The third-order valence-electron chi connectivity index (χ3n) is 2.57. The van der Waals surface area contributed by atoms with E-state index in [-0.39, 0.29) is 6.79 Å². The lowest BCUT2D eigenvalue weighted by molar-refractivity contribution is 0.0374. The Morgan fingerprint density at radius 3 is 3.00 bits per heavy atom. The minimum atomic E-state index is -0.470. The molecule has 1 unspecified atom stereocenters. The zero-order chi connectivity index (χ0) is 12.1. The first kappa shape index (κ1) is 12.2. The van der Waals surface area contributed by atoms with Crippen LogP contribution in [0.25, 0.3) is 0 Å². The molecule has 0 amide bonds. The Morgan fingerprint density at radius 2 is 2.18 bits per heavy atom. The van der Waals surface area contributed by atoms with Crippen LogP contribution in [0.15, 0.2) is 18.2 Å². The van der Waals surface area contributed by atoms with Gasteiger partial charge in [-0.3, -0.25) is 0 Å². The molecule has 0 aromatic heterocycles. The summed E-state index contributed by atoms with van der Waals surface area (Å²) in [6.45, 7) is 3.39. The van der Waals surface area contributed by atoms with Crippen molar-refractivity contribution in [1.29, 1.82) is 0 Å². The summed E-state index contributed by atoms with van der Waals surface area (Å²) < 4.78 is 15.8. The summed E-state index contributed by atoms with van der Waals surface area (Å²) in [4.78, 5) is 0. The van der Waals surface area contributed by atoms with Crippen molar-refractivity contribution in [3.63, 3.8) is 0 Å². The average Bonchev–Trinajstić information content (AvgIpc) is 2.76. The second-order valence-corrected chi connectivity index (χ2v) is 4.12. The van der Waals surface area contributed by atoms with Crippen molar-refractivity contribution in [2.45, 2.75) is 25.9 Å². The molecule has 1 aromatic carbocycles. The molecule has 1 atom stereocenters. The lowest BCUT2D eigenvalue weighted by atomic mass is 10.1. The van der Waals surface area contributed by atoms with E-state index in [9.17, 15) is 5.11 Å². The molecular formula is C13H18O4. The van der Waals surface area contributed by atoms with Gasteiger partial charge >= 0.3 is 0 Å². The van der Waals surface area contributed by atoms with Crippen LogP contribution in [0.5, 0.6) is 11.5 Å². The van der Waals surface area contributed by atoms with Gasteiger partial charge in [0.15, 0.2) is 11.5 Å². The van der Waals surface area contributed by atoms with Crippen molar-refractivity contribution in [3.05, 3.63) is 23.8 Å². The van der Waals surface area contributed by atoms with Crippen LogP contribution in [0.1, 0.15) is 18.9 Å². The number of rotatable bonds is 6. The zero-order valence-electron chi connectivity index (χ0n) is 10.0. The molecule has 0 bridgehead atoms. The zero-order valence-corrected chi connectivity index (χ0v) is 10.0. The number of hydrogen-bond acceptors (Lipinski definition) is 4. The number of ether oxygens (including phenoxy) is 3. The van der Waals surface area contributed by atoms with Gasteiger partial charge in [-0.05, 0) is 24.1 Å². The fourth-order valence-corrected chi connectivity index (χ4v) is 1.76. The van der Waals surface area contributed by atoms with Gasteiger partial charge in [0.25, 0.3) is 0 Å². The lowest BCUT2D eigenvalue weighted by Gasteiger charge is -2.11. The Hall–Kier alpha value is -1.26. The molecule has 4 heteroatoms. The van der Waals surface area contributed by atoms with Gasteiger partial charge in [0.2, 0.25) is 6.79 Å². The summed E-state index contributed by atoms with van der Waals surface area (Å²) in [6, 6.07) is 5.72. The van der Waals surface area contributed by atoms with Crippen LogP contribution in [0, 0.1) is 0 Å². The van der Waals surface area contributed by atoms with Gasteiger partial charge in [-0.15, -0.1) is 0 Å². The van der Waals surface area contributed by atoms with Crippen LogP contribution in [0.4, 0.5) is 0 Å². The predicted molar refractivity (Wildman–Crippen MR) is 63.4 cm³/mol. The topological polar surface area (TPSA) is 47.9 Å². The molecule has 1 aliphatic rings. The molecule has 1 heterocycles. The summed E-state index contributed by atoms with van der Waals surface area (Å²) in [6.07, 6.45) is 1.07. The van der Waals surface area contributed by atoms with Crippen LogP contribution in [0.3, 0.4) is 0 Å². The van der Waals surface area contributed by atoms with E-state index in [0.29, 0.717) is 19.6 Å². The number of aliphatic hydroxyl groups excluding tert-OH is 1. The largest absolute Gasteiger partial charge is 0.454 e. The van der Waals surface area contributed by atoms with E-state index in [0.717, 1.165) is 23.5 Å². The summed E-state index contributed by atoms with van der Waals surface area (Å²) in [5.41, 5.74) is 1.03. The van der Waals surface area contributed by atoms with E-state index in [2.05, 4.69) is 0 Å². The molecule has 0 spiro atoms. The second-order valence-electron chi connectivity index (χ2n) is 4.12. The van der Waals surface area contributed by atoms with Crippen molar-refractivity contribution < 1.29 is 19.3 Å². The number of benzene rings is 1. The molecule has 0 aliphatic carbocycles. The maximum Gasteiger partial charge on any atom is 0.231 e. The van der Waals surface area contributed by atoms with Crippen LogP contribution in [0.2, 0.25) is 0 Å². The van der Waals surface area contributed by atoms with Crippen LogP contribution in [-0.2, 0) is 11.2 Å². The van der Waals surface area contributed by atoms with Crippen LogP contribution < -0.4 is 9.47 Å². The number of hydrogen-bond donors (Lipinski definition) is 1. The smallest absolute Gasteiger partial charge is 0.231 e. The lowest BCUT2D eigenvalue weighted by Crippen LogP contribution is -2.18. The Morgan fingerprint density at radius 1 is 1.35 bits per heavy atom. The monoisotopic (exact) mass is 238 g/mol. The first-order valence-electron chi connectivity index (χ1n) is 5.94. The highest BCUT2D eigenvalue weighted by Gasteiger charge is 2.14.